The Balaban J connectivity index is 1.32. The molecule has 1 aromatic heterocycles. The molecule has 4 rings (SSSR count). The fourth-order valence-electron chi connectivity index (χ4n) is 3.94. The highest BCUT2D eigenvalue weighted by Gasteiger charge is 2.27. The van der Waals surface area contributed by atoms with Crippen LogP contribution in [0.5, 0.6) is 5.75 Å². The van der Waals surface area contributed by atoms with Crippen molar-refractivity contribution in [3.63, 3.8) is 0 Å². The third kappa shape index (κ3) is 6.70. The Hall–Kier alpha value is -3.17. The minimum absolute atomic E-state index is 0.103. The number of nitrogens with zero attached hydrogens (tertiary/aromatic N) is 5. The largest absolute Gasteiger partial charge is 0.486 e. The molecule has 0 radical (unpaired) electrons. The quantitative estimate of drug-likeness (QED) is 0.313. The summed E-state index contributed by atoms with van der Waals surface area (Å²) in [5.41, 5.74) is 1.29. The maximum atomic E-state index is 13.1. The Morgan fingerprint density at radius 3 is 2.51 bits per heavy atom. The molecule has 7 nitrogen and oxygen atoms in total. The Bertz CT molecular complexity index is 1110. The lowest BCUT2D eigenvalue weighted by molar-refractivity contribution is -0.132. The topological polar surface area (TPSA) is 63.5 Å². The Kier molecular flexibility index (Phi) is 8.54. The van der Waals surface area contributed by atoms with Crippen molar-refractivity contribution < 1.29 is 13.9 Å². The molecule has 0 aliphatic carbocycles. The first-order chi connectivity index (χ1) is 17.0. The van der Waals surface area contributed by atoms with E-state index in [4.69, 9.17) is 4.74 Å². The number of thioether (sulfide) groups is 1. The zero-order valence-electron chi connectivity index (χ0n) is 19.8. The lowest BCUT2D eigenvalue weighted by Crippen LogP contribution is -2.50. The summed E-state index contributed by atoms with van der Waals surface area (Å²) < 4.78 is 20.7. The van der Waals surface area contributed by atoms with Crippen LogP contribution in [-0.2, 0) is 24.5 Å². The van der Waals surface area contributed by atoms with Crippen LogP contribution < -0.4 is 4.74 Å². The number of hydrogen-bond donors (Lipinski definition) is 0. The van der Waals surface area contributed by atoms with Gasteiger partial charge in [-0.25, -0.2) is 4.39 Å². The molecule has 2 aromatic carbocycles. The Morgan fingerprint density at radius 1 is 1.11 bits per heavy atom. The summed E-state index contributed by atoms with van der Waals surface area (Å²) in [4.78, 5) is 17.5. The van der Waals surface area contributed by atoms with Gasteiger partial charge in [-0.3, -0.25) is 14.3 Å². The SMILES string of the molecule is C=CCn1c(COc2ccc(F)cc2)nnc1S[C@@H](C)C(=O)N1CCN(Cc2ccccc2)CC1. The van der Waals surface area contributed by atoms with Gasteiger partial charge in [0.1, 0.15) is 18.2 Å². The first-order valence-electron chi connectivity index (χ1n) is 11.7. The van der Waals surface area contributed by atoms with E-state index in [1.807, 2.05) is 22.5 Å². The van der Waals surface area contributed by atoms with Crippen LogP contribution in [0.15, 0.2) is 72.4 Å². The van der Waals surface area contributed by atoms with Crippen LogP contribution in [0, 0.1) is 5.82 Å². The summed E-state index contributed by atoms with van der Waals surface area (Å²) in [5, 5.41) is 8.90. The van der Waals surface area contributed by atoms with Gasteiger partial charge in [-0.2, -0.15) is 0 Å². The molecule has 35 heavy (non-hydrogen) atoms. The summed E-state index contributed by atoms with van der Waals surface area (Å²) in [5.74, 6) is 0.948. The molecule has 0 saturated carbocycles. The minimum Gasteiger partial charge on any atom is -0.486 e. The molecule has 1 aliphatic rings. The van der Waals surface area contributed by atoms with E-state index in [-0.39, 0.29) is 23.6 Å². The fraction of sp³-hybridized carbons (Fsp3) is 0.346. The molecule has 0 spiro atoms. The second-order valence-electron chi connectivity index (χ2n) is 8.39. The molecular weight excluding hydrogens is 465 g/mol. The standard InChI is InChI=1S/C26H30FN5O2S/c1-3-13-32-24(19-34-23-11-9-22(27)10-12-23)28-29-26(32)35-20(2)25(33)31-16-14-30(15-17-31)18-21-7-5-4-6-8-21/h3-12,20H,1,13-19H2,2H3/t20-/m0/s1. The molecule has 1 saturated heterocycles. The summed E-state index contributed by atoms with van der Waals surface area (Å²) in [7, 11) is 0. The third-order valence-electron chi connectivity index (χ3n) is 5.85. The number of piperazine rings is 1. The second-order valence-corrected chi connectivity index (χ2v) is 9.70. The van der Waals surface area contributed by atoms with Crippen molar-refractivity contribution in [2.75, 3.05) is 26.2 Å². The summed E-state index contributed by atoms with van der Waals surface area (Å²) in [6.45, 7) is 10.5. The fourth-order valence-corrected chi connectivity index (χ4v) is 4.90. The van der Waals surface area contributed by atoms with Gasteiger partial charge in [0, 0.05) is 39.3 Å². The van der Waals surface area contributed by atoms with Crippen molar-refractivity contribution in [2.45, 2.75) is 37.0 Å². The number of carbonyl (C=O) groups excluding carboxylic acids is 1. The molecule has 9 heteroatoms. The van der Waals surface area contributed by atoms with Gasteiger partial charge in [-0.1, -0.05) is 48.2 Å². The van der Waals surface area contributed by atoms with Crippen LogP contribution in [0.1, 0.15) is 18.3 Å². The van der Waals surface area contributed by atoms with Crippen molar-refractivity contribution in [3.8, 4) is 5.75 Å². The van der Waals surface area contributed by atoms with Crippen LogP contribution >= 0.6 is 11.8 Å². The highest BCUT2D eigenvalue weighted by atomic mass is 32.2. The molecule has 1 aliphatic heterocycles. The van der Waals surface area contributed by atoms with Crippen LogP contribution in [0.25, 0.3) is 0 Å². The van der Waals surface area contributed by atoms with Gasteiger partial charge in [0.2, 0.25) is 5.91 Å². The lowest BCUT2D eigenvalue weighted by Gasteiger charge is -2.35. The number of carbonyl (C=O) groups is 1. The number of halogens is 1. The van der Waals surface area contributed by atoms with E-state index in [1.165, 1.54) is 29.5 Å². The number of benzene rings is 2. The van der Waals surface area contributed by atoms with Gasteiger partial charge in [-0.05, 0) is 36.8 Å². The first kappa shape index (κ1) is 24.9. The Morgan fingerprint density at radius 2 is 1.83 bits per heavy atom. The predicted molar refractivity (Wildman–Crippen MR) is 135 cm³/mol. The maximum Gasteiger partial charge on any atom is 0.235 e. The zero-order valence-corrected chi connectivity index (χ0v) is 20.7. The van der Waals surface area contributed by atoms with Crippen LogP contribution in [0.2, 0.25) is 0 Å². The van der Waals surface area contributed by atoms with Gasteiger partial charge in [0.25, 0.3) is 0 Å². The van der Waals surface area contributed by atoms with Gasteiger partial charge < -0.3 is 9.64 Å². The van der Waals surface area contributed by atoms with Gasteiger partial charge in [-0.15, -0.1) is 16.8 Å². The van der Waals surface area contributed by atoms with Crippen molar-refractivity contribution in [2.24, 2.45) is 0 Å². The number of aromatic nitrogens is 3. The highest BCUT2D eigenvalue weighted by Crippen LogP contribution is 2.25. The minimum atomic E-state index is -0.317. The first-order valence-corrected chi connectivity index (χ1v) is 12.5. The van der Waals surface area contributed by atoms with Gasteiger partial charge in [0.05, 0.1) is 5.25 Å². The molecule has 2 heterocycles. The van der Waals surface area contributed by atoms with E-state index in [0.29, 0.717) is 36.4 Å². The molecular formula is C26H30FN5O2S. The second kappa shape index (κ2) is 12.0. The molecule has 0 unspecified atom stereocenters. The number of ether oxygens (including phenoxy) is 1. The number of rotatable bonds is 10. The van der Waals surface area contributed by atoms with Crippen molar-refractivity contribution in [1.29, 1.82) is 0 Å². The molecule has 3 aromatic rings. The van der Waals surface area contributed by atoms with E-state index in [2.05, 4.69) is 45.9 Å². The average Bonchev–Trinajstić information content (AvgIpc) is 3.25. The van der Waals surface area contributed by atoms with Crippen molar-refractivity contribution in [1.82, 2.24) is 24.6 Å². The van der Waals surface area contributed by atoms with Crippen LogP contribution in [-0.4, -0.2) is 61.9 Å². The summed E-state index contributed by atoms with van der Waals surface area (Å²) >= 11 is 1.39. The predicted octanol–water partition coefficient (Wildman–Crippen LogP) is 4.01. The molecule has 0 N–H and O–H groups in total. The van der Waals surface area contributed by atoms with Crippen LogP contribution in [0.3, 0.4) is 0 Å². The Labute approximate surface area is 209 Å². The smallest absolute Gasteiger partial charge is 0.235 e. The van der Waals surface area contributed by atoms with Crippen LogP contribution in [0.4, 0.5) is 4.39 Å². The summed E-state index contributed by atoms with van der Waals surface area (Å²) in [6, 6.07) is 16.2. The van der Waals surface area contributed by atoms with Crippen molar-refractivity contribution >= 4 is 17.7 Å². The number of amides is 1. The van der Waals surface area contributed by atoms with Gasteiger partial charge in [0.15, 0.2) is 11.0 Å². The van der Waals surface area contributed by atoms with Crippen molar-refractivity contribution in [3.05, 3.63) is 84.5 Å². The van der Waals surface area contributed by atoms with E-state index < -0.39 is 0 Å². The van der Waals surface area contributed by atoms with E-state index >= 15 is 0 Å². The third-order valence-corrected chi connectivity index (χ3v) is 6.92. The van der Waals surface area contributed by atoms with Gasteiger partial charge >= 0.3 is 0 Å². The molecule has 1 atom stereocenters. The zero-order chi connectivity index (χ0) is 24.6. The molecule has 1 fully saturated rings. The highest BCUT2D eigenvalue weighted by molar-refractivity contribution is 8.00. The van der Waals surface area contributed by atoms with E-state index in [9.17, 15) is 9.18 Å². The normalized spacial score (nSPS) is 15.1. The van der Waals surface area contributed by atoms with E-state index in [0.717, 1.165) is 19.6 Å². The monoisotopic (exact) mass is 495 g/mol. The average molecular weight is 496 g/mol. The maximum absolute atomic E-state index is 13.1. The van der Waals surface area contributed by atoms with E-state index in [1.54, 1.807) is 18.2 Å². The number of allylic oxidation sites excluding steroid dienone is 1. The summed E-state index contributed by atoms with van der Waals surface area (Å²) in [6.07, 6.45) is 1.76. The lowest BCUT2D eigenvalue weighted by atomic mass is 10.2. The molecule has 0 bridgehead atoms. The molecule has 184 valence electrons. The molecule has 1 amide bonds. The number of hydrogen-bond acceptors (Lipinski definition) is 6.